The van der Waals surface area contributed by atoms with Crippen molar-refractivity contribution in [1.29, 1.82) is 5.41 Å². The van der Waals surface area contributed by atoms with E-state index in [1.54, 1.807) is 11.0 Å². The number of aliphatic imine (C=N–C) groups is 1. The fraction of sp³-hybridized carbons (Fsp3) is 0.0741. The van der Waals surface area contributed by atoms with Crippen molar-refractivity contribution in [2.24, 2.45) is 4.99 Å². The number of carbonyl (C=O) groups excluding carboxylic acids is 1. The van der Waals surface area contributed by atoms with Crippen molar-refractivity contribution in [3.05, 3.63) is 94.9 Å². The third kappa shape index (κ3) is 4.81. The molecule has 2 aliphatic rings. The molecule has 192 valence electrons. The number of fused-ring (bicyclic) bond motifs is 1. The number of hydrogen-bond acceptors (Lipinski definition) is 8. The van der Waals surface area contributed by atoms with Crippen LogP contribution in [0.1, 0.15) is 11.1 Å². The van der Waals surface area contributed by atoms with E-state index in [-0.39, 0.29) is 27.8 Å². The number of methoxy groups -OCH3 is 2. The van der Waals surface area contributed by atoms with Gasteiger partial charge in [-0.1, -0.05) is 48.2 Å². The van der Waals surface area contributed by atoms with Crippen molar-refractivity contribution in [1.82, 2.24) is 4.90 Å². The fourth-order valence-corrected chi connectivity index (χ4v) is 5.66. The smallest absolute Gasteiger partial charge is 0.339 e. The van der Waals surface area contributed by atoms with Gasteiger partial charge in [-0.2, -0.15) is 13.4 Å². The first-order valence-electron chi connectivity index (χ1n) is 11.2. The van der Waals surface area contributed by atoms with Crippen LogP contribution in [0.25, 0.3) is 11.8 Å². The minimum Gasteiger partial charge on any atom is -0.497 e. The minimum atomic E-state index is -4.14. The van der Waals surface area contributed by atoms with Crippen LogP contribution in [0.4, 0.5) is 0 Å². The molecule has 0 atom stereocenters. The van der Waals surface area contributed by atoms with Crippen molar-refractivity contribution in [3.8, 4) is 17.2 Å². The highest BCUT2D eigenvalue weighted by Crippen LogP contribution is 2.38. The number of amides is 1. The molecule has 2 heterocycles. The lowest BCUT2D eigenvalue weighted by molar-refractivity contribution is -0.114. The molecule has 0 saturated heterocycles. The Bertz CT molecular complexity index is 1630. The Morgan fingerprint density at radius 3 is 2.37 bits per heavy atom. The van der Waals surface area contributed by atoms with Gasteiger partial charge in [0.2, 0.25) is 0 Å². The van der Waals surface area contributed by atoms with Gasteiger partial charge in [0.05, 0.1) is 25.5 Å². The molecular formula is C27H21N3O6S2. The largest absolute Gasteiger partial charge is 0.497 e. The Hall–Kier alpha value is -4.35. The first kappa shape index (κ1) is 25.3. The second kappa shape index (κ2) is 10.2. The van der Waals surface area contributed by atoms with Crippen molar-refractivity contribution < 1.29 is 26.9 Å². The summed E-state index contributed by atoms with van der Waals surface area (Å²) < 4.78 is 41.3. The van der Waals surface area contributed by atoms with Crippen LogP contribution in [0.3, 0.4) is 0 Å². The van der Waals surface area contributed by atoms with Gasteiger partial charge < -0.3 is 13.7 Å². The van der Waals surface area contributed by atoms with Crippen LogP contribution in [-0.2, 0) is 14.9 Å². The fourth-order valence-electron chi connectivity index (χ4n) is 3.83. The van der Waals surface area contributed by atoms with E-state index in [1.807, 2.05) is 35.7 Å². The van der Waals surface area contributed by atoms with Crippen molar-refractivity contribution in [3.63, 3.8) is 0 Å². The van der Waals surface area contributed by atoms with E-state index in [0.29, 0.717) is 16.5 Å². The summed E-state index contributed by atoms with van der Waals surface area (Å²) in [5.41, 5.74) is 2.23. The predicted molar refractivity (Wildman–Crippen MR) is 146 cm³/mol. The first-order valence-corrected chi connectivity index (χ1v) is 13.5. The minimum absolute atomic E-state index is 0.0125. The molecule has 2 aliphatic heterocycles. The summed E-state index contributed by atoms with van der Waals surface area (Å²) >= 11 is 1.28. The third-order valence-electron chi connectivity index (χ3n) is 5.73. The number of rotatable bonds is 7. The zero-order chi connectivity index (χ0) is 26.9. The topological polar surface area (TPSA) is 118 Å². The average Bonchev–Trinajstić information content (AvgIpc) is 3.36. The number of nitrogens with one attached hydrogen (secondary N) is 1. The second-order valence-corrected chi connectivity index (χ2v) is 10.4. The number of carbonyl (C=O) groups is 1. The Kier molecular flexibility index (Phi) is 6.79. The van der Waals surface area contributed by atoms with Crippen LogP contribution < -0.4 is 13.7 Å². The molecule has 0 aromatic heterocycles. The van der Waals surface area contributed by atoms with E-state index >= 15 is 0 Å². The first-order chi connectivity index (χ1) is 18.3. The summed E-state index contributed by atoms with van der Waals surface area (Å²) in [5, 5.41) is 11.0. The number of amidine groups is 2. The average molecular weight is 548 g/mol. The molecule has 0 radical (unpaired) electrons. The van der Waals surface area contributed by atoms with Crippen LogP contribution in [0.2, 0.25) is 0 Å². The van der Waals surface area contributed by atoms with Crippen LogP contribution >= 0.6 is 11.8 Å². The molecule has 0 fully saturated rings. The summed E-state index contributed by atoms with van der Waals surface area (Å²) in [5.74, 6) is 0.0644. The van der Waals surface area contributed by atoms with Gasteiger partial charge in [0, 0.05) is 5.41 Å². The van der Waals surface area contributed by atoms with Gasteiger partial charge in [-0.15, -0.1) is 0 Å². The number of thioether (sulfide) groups is 1. The predicted octanol–water partition coefficient (Wildman–Crippen LogP) is 4.78. The third-order valence-corrected chi connectivity index (χ3v) is 7.80. The monoisotopic (exact) mass is 547 g/mol. The molecule has 0 unspecified atom stereocenters. The molecular weight excluding hydrogens is 526 g/mol. The van der Waals surface area contributed by atoms with Crippen molar-refractivity contribution in [2.75, 3.05) is 14.2 Å². The molecule has 1 amide bonds. The quantitative estimate of drug-likeness (QED) is 0.332. The molecule has 1 N–H and O–H groups in total. The van der Waals surface area contributed by atoms with Crippen LogP contribution in [0, 0.1) is 5.41 Å². The number of ether oxygens (including phenoxy) is 2. The van der Waals surface area contributed by atoms with Gasteiger partial charge in [0.1, 0.15) is 16.5 Å². The molecule has 0 spiro atoms. The van der Waals surface area contributed by atoms with Gasteiger partial charge >= 0.3 is 10.1 Å². The summed E-state index contributed by atoms with van der Waals surface area (Å²) in [7, 11) is -1.28. The standard InChI is InChI=1S/C27H21N3O6S2/c1-34-19-9-11-20(12-10-19)38(32,33)36-23-13-8-17(15-24(23)35-2)14-21-25(28)30-22(18-6-4-3-5-7-18)16-37-27(30)29-26(21)31/h3-16,28H,1-2H3. The lowest BCUT2D eigenvalue weighted by Gasteiger charge is -2.27. The zero-order valence-electron chi connectivity index (χ0n) is 20.2. The van der Waals surface area contributed by atoms with E-state index in [9.17, 15) is 13.2 Å². The van der Waals surface area contributed by atoms with Crippen molar-refractivity contribution in [2.45, 2.75) is 4.90 Å². The molecule has 9 nitrogen and oxygen atoms in total. The lowest BCUT2D eigenvalue weighted by Crippen LogP contribution is -2.38. The molecule has 5 rings (SSSR count). The Morgan fingerprint density at radius 2 is 1.68 bits per heavy atom. The number of nitrogens with zero attached hydrogens (tertiary/aromatic N) is 2. The molecule has 38 heavy (non-hydrogen) atoms. The van der Waals surface area contributed by atoms with Gasteiger partial charge in [0.15, 0.2) is 16.7 Å². The number of hydrogen-bond donors (Lipinski definition) is 1. The van der Waals surface area contributed by atoms with E-state index in [1.165, 1.54) is 68.5 Å². The Labute approximate surface area is 223 Å². The summed E-state index contributed by atoms with van der Waals surface area (Å²) in [6.07, 6.45) is 1.51. The zero-order valence-corrected chi connectivity index (χ0v) is 21.9. The maximum absolute atomic E-state index is 12.8. The van der Waals surface area contributed by atoms with Crippen LogP contribution in [0.5, 0.6) is 17.2 Å². The van der Waals surface area contributed by atoms with E-state index in [0.717, 1.165) is 11.3 Å². The molecule has 0 bridgehead atoms. The second-order valence-electron chi connectivity index (χ2n) is 8.05. The molecule has 0 saturated carbocycles. The van der Waals surface area contributed by atoms with Crippen LogP contribution in [0.15, 0.2) is 93.7 Å². The highest BCUT2D eigenvalue weighted by Gasteiger charge is 2.36. The van der Waals surface area contributed by atoms with E-state index in [2.05, 4.69) is 4.99 Å². The van der Waals surface area contributed by atoms with E-state index < -0.39 is 16.0 Å². The van der Waals surface area contributed by atoms with Crippen LogP contribution in [-0.4, -0.2) is 44.4 Å². The number of benzene rings is 3. The Balaban J connectivity index is 1.43. The molecule has 0 aliphatic carbocycles. The van der Waals surface area contributed by atoms with Gasteiger partial charge in [0.25, 0.3) is 5.91 Å². The maximum Gasteiger partial charge on any atom is 0.339 e. The summed E-state index contributed by atoms with van der Waals surface area (Å²) in [6, 6.07) is 19.9. The van der Waals surface area contributed by atoms with E-state index in [4.69, 9.17) is 19.1 Å². The normalized spacial score (nSPS) is 16.2. The SMILES string of the molecule is COc1ccc(S(=O)(=O)Oc2ccc(C=C3C(=N)N4C(c5ccccc5)=CSC4=NC3=O)cc2OC)cc1. The highest BCUT2D eigenvalue weighted by molar-refractivity contribution is 8.17. The van der Waals surface area contributed by atoms with Gasteiger partial charge in [-0.25, -0.2) is 0 Å². The highest BCUT2D eigenvalue weighted by atomic mass is 32.2. The summed E-state index contributed by atoms with van der Waals surface area (Å²) in [4.78, 5) is 18.5. The lowest BCUT2D eigenvalue weighted by atomic mass is 10.1. The molecule has 3 aromatic rings. The maximum atomic E-state index is 12.8. The molecule has 3 aromatic carbocycles. The molecule has 11 heteroatoms. The van der Waals surface area contributed by atoms with Gasteiger partial charge in [-0.3, -0.25) is 15.1 Å². The van der Waals surface area contributed by atoms with Gasteiger partial charge in [-0.05, 0) is 53.6 Å². The Morgan fingerprint density at radius 1 is 0.947 bits per heavy atom. The summed E-state index contributed by atoms with van der Waals surface area (Å²) in [6.45, 7) is 0. The van der Waals surface area contributed by atoms with Crippen molar-refractivity contribution >= 4 is 50.6 Å².